The van der Waals surface area contributed by atoms with Crippen molar-refractivity contribution in [3.05, 3.63) is 28.8 Å². The molecule has 0 spiro atoms. The Morgan fingerprint density at radius 1 is 1.21 bits per heavy atom. The van der Waals surface area contributed by atoms with Gasteiger partial charge >= 0.3 is 0 Å². The van der Waals surface area contributed by atoms with E-state index in [0.717, 1.165) is 12.3 Å². The molecule has 2 atom stereocenters. The van der Waals surface area contributed by atoms with Crippen molar-refractivity contribution >= 4 is 0 Å². The lowest BCUT2D eigenvalue weighted by Gasteiger charge is -2.34. The molecule has 106 valence electrons. The molecule has 2 heteroatoms. The lowest BCUT2D eigenvalue weighted by Crippen LogP contribution is -2.37. The molecule has 2 rings (SSSR count). The van der Waals surface area contributed by atoms with Crippen LogP contribution in [0.2, 0.25) is 0 Å². The van der Waals surface area contributed by atoms with Crippen LogP contribution in [0.25, 0.3) is 0 Å². The molecule has 1 aromatic carbocycles. The number of nitrogens with one attached hydrogen (secondary N) is 1. The summed E-state index contributed by atoms with van der Waals surface area (Å²) in [5.74, 6) is 1.68. The Hall–Kier alpha value is -1.02. The lowest BCUT2D eigenvalue weighted by molar-refractivity contribution is 0.320. The molecule has 1 saturated carbocycles. The molecule has 0 aromatic heterocycles. The number of aryl methyl sites for hydroxylation is 2. The van der Waals surface area contributed by atoms with E-state index < -0.39 is 0 Å². The van der Waals surface area contributed by atoms with Crippen molar-refractivity contribution < 1.29 is 4.74 Å². The van der Waals surface area contributed by atoms with Gasteiger partial charge in [0.25, 0.3) is 0 Å². The van der Waals surface area contributed by atoms with Gasteiger partial charge in [-0.3, -0.25) is 0 Å². The van der Waals surface area contributed by atoms with Gasteiger partial charge in [0.1, 0.15) is 5.75 Å². The van der Waals surface area contributed by atoms with E-state index in [9.17, 15) is 0 Å². The summed E-state index contributed by atoms with van der Waals surface area (Å²) in [5.41, 5.74) is 4.10. The van der Waals surface area contributed by atoms with Gasteiger partial charge < -0.3 is 10.1 Å². The van der Waals surface area contributed by atoms with E-state index in [1.54, 1.807) is 7.11 Å². The van der Waals surface area contributed by atoms with Gasteiger partial charge in [-0.1, -0.05) is 25.8 Å². The van der Waals surface area contributed by atoms with Gasteiger partial charge in [0.05, 0.1) is 7.11 Å². The van der Waals surface area contributed by atoms with E-state index in [1.807, 2.05) is 0 Å². The number of rotatable bonds is 4. The standard InChI is InChI=1S/C17H27NO/c1-5-18-15-9-7-6-8-14(15)17-13(3)10-12(2)11-16(17)19-4/h10-11,14-15,18H,5-9H2,1-4H3. The molecule has 1 aromatic rings. The van der Waals surface area contributed by atoms with Gasteiger partial charge in [-0.2, -0.15) is 0 Å². The van der Waals surface area contributed by atoms with E-state index in [1.165, 1.54) is 42.4 Å². The second-order valence-corrected chi connectivity index (χ2v) is 5.75. The quantitative estimate of drug-likeness (QED) is 0.886. The second-order valence-electron chi connectivity index (χ2n) is 5.75. The molecule has 2 nitrogen and oxygen atoms in total. The highest BCUT2D eigenvalue weighted by atomic mass is 16.5. The largest absolute Gasteiger partial charge is 0.496 e. The third-order valence-corrected chi connectivity index (χ3v) is 4.32. The molecular weight excluding hydrogens is 234 g/mol. The molecule has 1 fully saturated rings. The van der Waals surface area contributed by atoms with Crippen molar-refractivity contribution in [1.29, 1.82) is 0 Å². The summed E-state index contributed by atoms with van der Waals surface area (Å²) in [6.45, 7) is 7.61. The zero-order chi connectivity index (χ0) is 13.8. The fourth-order valence-electron chi connectivity index (χ4n) is 3.57. The molecule has 0 heterocycles. The number of hydrogen-bond acceptors (Lipinski definition) is 2. The summed E-state index contributed by atoms with van der Waals surface area (Å²) in [7, 11) is 1.79. The highest BCUT2D eigenvalue weighted by Crippen LogP contribution is 2.40. The van der Waals surface area contributed by atoms with Crippen molar-refractivity contribution in [2.75, 3.05) is 13.7 Å². The van der Waals surface area contributed by atoms with Crippen molar-refractivity contribution in [2.45, 2.75) is 58.4 Å². The van der Waals surface area contributed by atoms with Crippen molar-refractivity contribution in [3.8, 4) is 5.75 Å². The first-order valence-electron chi connectivity index (χ1n) is 7.55. The molecule has 0 radical (unpaired) electrons. The summed E-state index contributed by atoms with van der Waals surface area (Å²) in [6.07, 6.45) is 5.25. The van der Waals surface area contributed by atoms with Crippen LogP contribution in [0.3, 0.4) is 0 Å². The second kappa shape index (κ2) is 6.42. The maximum atomic E-state index is 5.66. The normalized spacial score (nSPS) is 23.4. The van der Waals surface area contributed by atoms with E-state index >= 15 is 0 Å². The fourth-order valence-corrected chi connectivity index (χ4v) is 3.57. The SMILES string of the molecule is CCNC1CCCCC1c1c(C)cc(C)cc1OC. The van der Waals surface area contributed by atoms with Gasteiger partial charge in [0.15, 0.2) is 0 Å². The molecule has 2 unspecified atom stereocenters. The van der Waals surface area contributed by atoms with Crippen LogP contribution in [-0.4, -0.2) is 19.7 Å². The van der Waals surface area contributed by atoms with Crippen LogP contribution >= 0.6 is 0 Å². The van der Waals surface area contributed by atoms with Crippen LogP contribution in [0.15, 0.2) is 12.1 Å². The monoisotopic (exact) mass is 261 g/mol. The molecule has 0 aliphatic heterocycles. The molecule has 0 saturated heterocycles. The van der Waals surface area contributed by atoms with Crippen LogP contribution in [0.5, 0.6) is 5.75 Å². The predicted octanol–water partition coefficient (Wildman–Crippen LogP) is 3.95. The Morgan fingerprint density at radius 3 is 2.63 bits per heavy atom. The minimum absolute atomic E-state index is 0.601. The number of methoxy groups -OCH3 is 1. The Labute approximate surface area is 117 Å². The molecule has 1 aliphatic rings. The molecule has 19 heavy (non-hydrogen) atoms. The Morgan fingerprint density at radius 2 is 1.95 bits per heavy atom. The summed E-state index contributed by atoms with van der Waals surface area (Å²) in [4.78, 5) is 0. The topological polar surface area (TPSA) is 21.3 Å². The van der Waals surface area contributed by atoms with Gasteiger partial charge in [0.2, 0.25) is 0 Å². The molecule has 1 aliphatic carbocycles. The fraction of sp³-hybridized carbons (Fsp3) is 0.647. The van der Waals surface area contributed by atoms with Crippen molar-refractivity contribution in [1.82, 2.24) is 5.32 Å². The molecule has 0 amide bonds. The van der Waals surface area contributed by atoms with Crippen LogP contribution in [-0.2, 0) is 0 Å². The summed E-state index contributed by atoms with van der Waals surface area (Å²) in [6, 6.07) is 5.07. The molecular formula is C17H27NO. The minimum atomic E-state index is 0.601. The average Bonchev–Trinajstić information content (AvgIpc) is 2.39. The lowest BCUT2D eigenvalue weighted by atomic mass is 9.77. The van der Waals surface area contributed by atoms with Crippen LogP contribution < -0.4 is 10.1 Å². The average molecular weight is 261 g/mol. The number of ether oxygens (including phenoxy) is 1. The van der Waals surface area contributed by atoms with E-state index in [2.05, 4.69) is 38.2 Å². The van der Waals surface area contributed by atoms with E-state index in [4.69, 9.17) is 4.74 Å². The highest BCUT2D eigenvalue weighted by molar-refractivity contribution is 5.46. The molecule has 1 N–H and O–H groups in total. The van der Waals surface area contributed by atoms with Crippen molar-refractivity contribution in [2.24, 2.45) is 0 Å². The molecule has 0 bridgehead atoms. The summed E-state index contributed by atoms with van der Waals surface area (Å²) < 4.78 is 5.66. The zero-order valence-electron chi connectivity index (χ0n) is 12.8. The Bertz CT molecular complexity index is 426. The maximum Gasteiger partial charge on any atom is 0.122 e. The maximum absolute atomic E-state index is 5.66. The Kier molecular flexibility index (Phi) is 4.87. The minimum Gasteiger partial charge on any atom is -0.496 e. The zero-order valence-corrected chi connectivity index (χ0v) is 12.8. The van der Waals surface area contributed by atoms with Crippen molar-refractivity contribution in [3.63, 3.8) is 0 Å². The summed E-state index contributed by atoms with van der Waals surface area (Å²) in [5, 5.41) is 3.67. The first-order chi connectivity index (χ1) is 9.17. The van der Waals surface area contributed by atoms with Gasteiger partial charge in [0, 0.05) is 17.5 Å². The van der Waals surface area contributed by atoms with Crippen LogP contribution in [0.1, 0.15) is 55.2 Å². The van der Waals surface area contributed by atoms with Crippen LogP contribution in [0.4, 0.5) is 0 Å². The number of likely N-dealkylation sites (N-methyl/N-ethyl adjacent to an activating group) is 1. The smallest absolute Gasteiger partial charge is 0.122 e. The third kappa shape index (κ3) is 3.11. The number of benzene rings is 1. The third-order valence-electron chi connectivity index (χ3n) is 4.32. The first-order valence-corrected chi connectivity index (χ1v) is 7.55. The highest BCUT2D eigenvalue weighted by Gasteiger charge is 2.29. The van der Waals surface area contributed by atoms with Gasteiger partial charge in [-0.15, -0.1) is 0 Å². The summed E-state index contributed by atoms with van der Waals surface area (Å²) >= 11 is 0. The van der Waals surface area contributed by atoms with Gasteiger partial charge in [-0.25, -0.2) is 0 Å². The van der Waals surface area contributed by atoms with E-state index in [-0.39, 0.29) is 0 Å². The van der Waals surface area contributed by atoms with Crippen LogP contribution in [0, 0.1) is 13.8 Å². The predicted molar refractivity (Wildman–Crippen MR) is 81.1 cm³/mol. The first kappa shape index (κ1) is 14.4. The van der Waals surface area contributed by atoms with E-state index in [0.29, 0.717) is 12.0 Å². The Balaban J connectivity index is 2.37. The van der Waals surface area contributed by atoms with Gasteiger partial charge in [-0.05, 0) is 50.4 Å². The number of hydrogen-bond donors (Lipinski definition) is 1.